The Bertz CT molecular complexity index is 836. The minimum absolute atomic E-state index is 0.362. The van der Waals surface area contributed by atoms with Crippen molar-refractivity contribution in [3.63, 3.8) is 0 Å². The lowest BCUT2D eigenvalue weighted by molar-refractivity contribution is 0.0931. The van der Waals surface area contributed by atoms with Gasteiger partial charge in [-0.3, -0.25) is 4.90 Å². The van der Waals surface area contributed by atoms with Crippen LogP contribution in [-0.4, -0.2) is 64.5 Å². The Morgan fingerprint density at radius 1 is 1.25 bits per heavy atom. The van der Waals surface area contributed by atoms with Crippen molar-refractivity contribution in [2.45, 2.75) is 52.8 Å². The van der Waals surface area contributed by atoms with Gasteiger partial charge in [0.05, 0.1) is 13.2 Å². The van der Waals surface area contributed by atoms with Gasteiger partial charge >= 0.3 is 0 Å². The molecule has 1 aliphatic rings. The van der Waals surface area contributed by atoms with Crippen LogP contribution < -0.4 is 10.6 Å². The molecule has 2 unspecified atom stereocenters. The monoisotopic (exact) mass is 441 g/mol. The molecule has 1 saturated heterocycles. The van der Waals surface area contributed by atoms with Crippen LogP contribution in [0.25, 0.3) is 0 Å². The number of likely N-dealkylation sites (N-methyl/N-ethyl adjacent to an activating group) is 1. The highest BCUT2D eigenvalue weighted by atomic mass is 16.5. The summed E-state index contributed by atoms with van der Waals surface area (Å²) in [5, 5.41) is 15.4. The first-order valence-corrected chi connectivity index (χ1v) is 11.8. The molecule has 2 atom stereocenters. The third-order valence-electron chi connectivity index (χ3n) is 6.10. The zero-order valence-electron chi connectivity index (χ0n) is 20.0. The summed E-state index contributed by atoms with van der Waals surface area (Å²) in [4.78, 5) is 7.33. The predicted octanol–water partition coefficient (Wildman–Crippen LogP) is 2.50. The first-order chi connectivity index (χ1) is 15.6. The van der Waals surface area contributed by atoms with Gasteiger partial charge in [-0.1, -0.05) is 44.2 Å². The van der Waals surface area contributed by atoms with Crippen LogP contribution in [0.1, 0.15) is 43.9 Å². The van der Waals surface area contributed by atoms with E-state index in [4.69, 9.17) is 9.73 Å². The van der Waals surface area contributed by atoms with Gasteiger partial charge in [0.2, 0.25) is 0 Å². The fourth-order valence-electron chi connectivity index (χ4n) is 3.95. The van der Waals surface area contributed by atoms with E-state index in [0.717, 1.165) is 37.2 Å². The Morgan fingerprint density at radius 3 is 2.78 bits per heavy atom. The van der Waals surface area contributed by atoms with Crippen LogP contribution in [0.15, 0.2) is 35.3 Å². The Morgan fingerprint density at radius 2 is 2.06 bits per heavy atom. The second-order valence-electron chi connectivity index (χ2n) is 8.68. The molecule has 2 heterocycles. The van der Waals surface area contributed by atoms with E-state index in [1.807, 2.05) is 36.7 Å². The third kappa shape index (κ3) is 7.31. The van der Waals surface area contributed by atoms with E-state index in [0.29, 0.717) is 31.7 Å². The van der Waals surface area contributed by atoms with Gasteiger partial charge in [0.15, 0.2) is 11.8 Å². The standard InChI is InChI=1S/C24H39N7O/c1-5-31-13-9-12-22(31)15-26-24(27-16-23-29-28-20(3)30(23)4)25-14-19(2)17-32-18-21-10-7-6-8-11-21/h6-8,10-11,19,22H,5,9,12-18H2,1-4H3,(H2,25,26,27). The molecule has 32 heavy (non-hydrogen) atoms. The second kappa shape index (κ2) is 12.6. The first-order valence-electron chi connectivity index (χ1n) is 11.8. The largest absolute Gasteiger partial charge is 0.376 e. The summed E-state index contributed by atoms with van der Waals surface area (Å²) in [7, 11) is 1.98. The summed E-state index contributed by atoms with van der Waals surface area (Å²) >= 11 is 0. The fourth-order valence-corrected chi connectivity index (χ4v) is 3.95. The summed E-state index contributed by atoms with van der Waals surface area (Å²) in [6.45, 7) is 12.2. The normalized spacial score (nSPS) is 18.1. The molecule has 3 rings (SSSR count). The topological polar surface area (TPSA) is 79.6 Å². The molecule has 8 heteroatoms. The Labute approximate surface area is 192 Å². The molecule has 0 aliphatic carbocycles. The number of benzene rings is 1. The number of ether oxygens (including phenoxy) is 1. The fraction of sp³-hybridized carbons (Fsp3) is 0.625. The Kier molecular flexibility index (Phi) is 9.49. The number of rotatable bonds is 11. The number of aromatic nitrogens is 3. The maximum atomic E-state index is 5.90. The predicted molar refractivity (Wildman–Crippen MR) is 128 cm³/mol. The van der Waals surface area contributed by atoms with Crippen molar-refractivity contribution in [1.29, 1.82) is 0 Å². The van der Waals surface area contributed by atoms with Gasteiger partial charge in [-0.2, -0.15) is 0 Å². The van der Waals surface area contributed by atoms with Crippen molar-refractivity contribution in [3.05, 3.63) is 47.5 Å². The summed E-state index contributed by atoms with van der Waals surface area (Å²) in [5.74, 6) is 2.94. The van der Waals surface area contributed by atoms with E-state index in [-0.39, 0.29) is 0 Å². The van der Waals surface area contributed by atoms with Gasteiger partial charge in [0.1, 0.15) is 12.4 Å². The van der Waals surface area contributed by atoms with Crippen molar-refractivity contribution in [1.82, 2.24) is 30.3 Å². The van der Waals surface area contributed by atoms with Gasteiger partial charge in [-0.05, 0) is 44.3 Å². The first kappa shape index (κ1) is 24.2. The molecule has 1 aromatic heterocycles. The number of likely N-dealkylation sites (tertiary alicyclic amines) is 1. The van der Waals surface area contributed by atoms with Crippen LogP contribution in [0.2, 0.25) is 0 Å². The maximum absolute atomic E-state index is 5.90. The smallest absolute Gasteiger partial charge is 0.191 e. The number of hydrogen-bond donors (Lipinski definition) is 2. The molecule has 1 fully saturated rings. The van der Waals surface area contributed by atoms with Crippen molar-refractivity contribution in [3.8, 4) is 0 Å². The minimum Gasteiger partial charge on any atom is -0.376 e. The summed E-state index contributed by atoms with van der Waals surface area (Å²) < 4.78 is 7.89. The van der Waals surface area contributed by atoms with Crippen LogP contribution in [0.3, 0.4) is 0 Å². The molecule has 0 saturated carbocycles. The van der Waals surface area contributed by atoms with Crippen LogP contribution in [0.4, 0.5) is 0 Å². The van der Waals surface area contributed by atoms with Crippen LogP contribution >= 0.6 is 0 Å². The molecule has 1 aliphatic heterocycles. The number of aryl methyl sites for hydroxylation is 1. The van der Waals surface area contributed by atoms with Gasteiger partial charge in [-0.25, -0.2) is 4.99 Å². The molecule has 0 bridgehead atoms. The molecular weight excluding hydrogens is 402 g/mol. The molecule has 176 valence electrons. The van der Waals surface area contributed by atoms with E-state index >= 15 is 0 Å². The average molecular weight is 442 g/mol. The van der Waals surface area contributed by atoms with E-state index in [9.17, 15) is 0 Å². The molecule has 2 aromatic rings. The lowest BCUT2D eigenvalue weighted by Crippen LogP contribution is -2.46. The molecule has 2 N–H and O–H groups in total. The van der Waals surface area contributed by atoms with E-state index in [1.54, 1.807) is 0 Å². The van der Waals surface area contributed by atoms with Crippen LogP contribution in [0.5, 0.6) is 0 Å². The summed E-state index contributed by atoms with van der Waals surface area (Å²) in [6.07, 6.45) is 2.51. The number of guanidine groups is 1. The minimum atomic E-state index is 0.362. The van der Waals surface area contributed by atoms with Crippen LogP contribution in [0, 0.1) is 12.8 Å². The summed E-state index contributed by atoms with van der Waals surface area (Å²) in [6, 6.07) is 10.9. The highest BCUT2D eigenvalue weighted by Crippen LogP contribution is 2.15. The van der Waals surface area contributed by atoms with Crippen molar-refractivity contribution in [2.75, 3.05) is 32.8 Å². The SMILES string of the molecule is CCN1CCCC1CNC(=NCc1nnc(C)n1C)NCC(C)COCc1ccccc1. The van der Waals surface area contributed by atoms with Gasteiger partial charge in [0.25, 0.3) is 0 Å². The zero-order valence-corrected chi connectivity index (χ0v) is 20.0. The van der Waals surface area contributed by atoms with Crippen molar-refractivity contribution >= 4 is 5.96 Å². The Hall–Kier alpha value is -2.45. The van der Waals surface area contributed by atoms with E-state index in [1.165, 1.54) is 24.9 Å². The van der Waals surface area contributed by atoms with E-state index in [2.05, 4.69) is 51.7 Å². The van der Waals surface area contributed by atoms with Crippen LogP contribution in [-0.2, 0) is 24.9 Å². The quantitative estimate of drug-likeness (QED) is 0.412. The lowest BCUT2D eigenvalue weighted by Gasteiger charge is -2.24. The van der Waals surface area contributed by atoms with Crippen molar-refractivity contribution in [2.24, 2.45) is 18.0 Å². The van der Waals surface area contributed by atoms with Gasteiger partial charge < -0.3 is 19.9 Å². The molecule has 1 aromatic carbocycles. The highest BCUT2D eigenvalue weighted by molar-refractivity contribution is 5.79. The molecular formula is C24H39N7O. The average Bonchev–Trinajstić information content (AvgIpc) is 3.40. The van der Waals surface area contributed by atoms with E-state index < -0.39 is 0 Å². The van der Waals surface area contributed by atoms with Gasteiger partial charge in [0, 0.05) is 26.2 Å². The third-order valence-corrected chi connectivity index (χ3v) is 6.10. The summed E-state index contributed by atoms with van der Waals surface area (Å²) in [5.41, 5.74) is 1.20. The van der Waals surface area contributed by atoms with Crippen molar-refractivity contribution < 1.29 is 4.74 Å². The maximum Gasteiger partial charge on any atom is 0.191 e. The number of hydrogen-bond acceptors (Lipinski definition) is 5. The molecule has 0 radical (unpaired) electrons. The zero-order chi connectivity index (χ0) is 22.8. The highest BCUT2D eigenvalue weighted by Gasteiger charge is 2.23. The number of nitrogens with one attached hydrogen (secondary N) is 2. The molecule has 0 spiro atoms. The second-order valence-corrected chi connectivity index (χ2v) is 8.68. The molecule has 0 amide bonds. The lowest BCUT2D eigenvalue weighted by atomic mass is 10.2. The molecule has 8 nitrogen and oxygen atoms in total. The number of nitrogens with zero attached hydrogens (tertiary/aromatic N) is 5. The number of aliphatic imine (C=N–C) groups is 1. The van der Waals surface area contributed by atoms with Gasteiger partial charge in [-0.15, -0.1) is 10.2 Å². The Balaban J connectivity index is 1.51.